The number of benzene rings is 1. The zero-order valence-corrected chi connectivity index (χ0v) is 9.13. The highest BCUT2D eigenvalue weighted by molar-refractivity contribution is 5.33. The predicted molar refractivity (Wildman–Crippen MR) is 63.4 cm³/mol. The van der Waals surface area contributed by atoms with Gasteiger partial charge in [0.15, 0.2) is 0 Å². The molecule has 2 rings (SSSR count). The minimum atomic E-state index is 0.371. The fourth-order valence-electron chi connectivity index (χ4n) is 1.34. The molecule has 1 aromatic heterocycles. The van der Waals surface area contributed by atoms with E-state index in [4.69, 9.17) is 15.7 Å². The molecule has 0 unspecified atom stereocenters. The molecule has 0 amide bonds. The van der Waals surface area contributed by atoms with E-state index in [2.05, 4.69) is 4.98 Å². The maximum atomic E-state index is 8.61. The molecule has 1 aromatic carbocycles. The molecule has 4 heteroatoms. The van der Waals surface area contributed by atoms with Crippen molar-refractivity contribution in [1.29, 1.82) is 5.26 Å². The summed E-state index contributed by atoms with van der Waals surface area (Å²) >= 11 is 0. The molecule has 17 heavy (non-hydrogen) atoms. The van der Waals surface area contributed by atoms with Crippen molar-refractivity contribution in [1.82, 2.24) is 4.98 Å². The minimum Gasteiger partial charge on any atom is -0.456 e. The van der Waals surface area contributed by atoms with Crippen molar-refractivity contribution >= 4 is 0 Å². The van der Waals surface area contributed by atoms with E-state index in [0.29, 0.717) is 23.7 Å². The molecule has 1 heterocycles. The summed E-state index contributed by atoms with van der Waals surface area (Å²) in [6.45, 7) is 0.513. The maximum absolute atomic E-state index is 8.61. The van der Waals surface area contributed by atoms with Gasteiger partial charge in [-0.3, -0.25) is 0 Å². The molecular formula is C13H11N3O. The van der Waals surface area contributed by atoms with Crippen LogP contribution in [0.25, 0.3) is 0 Å². The van der Waals surface area contributed by atoms with Gasteiger partial charge in [-0.15, -0.1) is 0 Å². The van der Waals surface area contributed by atoms with E-state index in [1.165, 1.54) is 6.20 Å². The number of rotatable bonds is 3. The molecule has 2 aromatic rings. The van der Waals surface area contributed by atoms with Crippen molar-refractivity contribution in [3.05, 3.63) is 53.9 Å². The van der Waals surface area contributed by atoms with Crippen molar-refractivity contribution < 1.29 is 4.74 Å². The maximum Gasteiger partial charge on any atom is 0.145 e. The second-order valence-corrected chi connectivity index (χ2v) is 3.44. The molecule has 0 fully saturated rings. The van der Waals surface area contributed by atoms with E-state index < -0.39 is 0 Å². The highest BCUT2D eigenvalue weighted by Gasteiger charge is 1.98. The summed E-state index contributed by atoms with van der Waals surface area (Å²) in [6.07, 6.45) is 1.52. The van der Waals surface area contributed by atoms with Crippen LogP contribution in [-0.2, 0) is 6.54 Å². The van der Waals surface area contributed by atoms with Gasteiger partial charge in [0, 0.05) is 6.54 Å². The Morgan fingerprint density at radius 1 is 1.12 bits per heavy atom. The standard InChI is InChI=1S/C13H11N3O/c14-7-10-1-4-12(5-2-10)17-13-6-3-11(8-15)16-9-13/h1-6,9H,7,14H2. The Morgan fingerprint density at radius 2 is 1.82 bits per heavy atom. The largest absolute Gasteiger partial charge is 0.456 e. The van der Waals surface area contributed by atoms with E-state index in [0.717, 1.165) is 5.56 Å². The fourth-order valence-corrected chi connectivity index (χ4v) is 1.34. The van der Waals surface area contributed by atoms with E-state index in [1.807, 2.05) is 30.3 Å². The van der Waals surface area contributed by atoms with Gasteiger partial charge in [0.2, 0.25) is 0 Å². The van der Waals surface area contributed by atoms with Gasteiger partial charge in [0.1, 0.15) is 23.3 Å². The topological polar surface area (TPSA) is 71.9 Å². The van der Waals surface area contributed by atoms with Gasteiger partial charge in [0.25, 0.3) is 0 Å². The normalized spacial score (nSPS) is 9.65. The number of hydrogen-bond acceptors (Lipinski definition) is 4. The lowest BCUT2D eigenvalue weighted by molar-refractivity contribution is 0.480. The lowest BCUT2D eigenvalue weighted by atomic mass is 10.2. The molecule has 0 aliphatic heterocycles. The quantitative estimate of drug-likeness (QED) is 0.869. The van der Waals surface area contributed by atoms with Crippen LogP contribution in [0.4, 0.5) is 0 Å². The first-order chi connectivity index (χ1) is 8.31. The Kier molecular flexibility index (Phi) is 3.34. The van der Waals surface area contributed by atoms with Crippen molar-refractivity contribution in [2.45, 2.75) is 6.54 Å². The highest BCUT2D eigenvalue weighted by Crippen LogP contribution is 2.20. The van der Waals surface area contributed by atoms with Gasteiger partial charge in [-0.05, 0) is 29.8 Å². The average molecular weight is 225 g/mol. The fraction of sp³-hybridized carbons (Fsp3) is 0.0769. The molecule has 4 nitrogen and oxygen atoms in total. The van der Waals surface area contributed by atoms with Crippen LogP contribution in [0, 0.1) is 11.3 Å². The summed E-state index contributed by atoms with van der Waals surface area (Å²) in [5, 5.41) is 8.61. The third kappa shape index (κ3) is 2.80. The van der Waals surface area contributed by atoms with Crippen LogP contribution in [0.15, 0.2) is 42.6 Å². The summed E-state index contributed by atoms with van der Waals surface area (Å²) < 4.78 is 5.56. The van der Waals surface area contributed by atoms with E-state index in [1.54, 1.807) is 12.1 Å². The summed E-state index contributed by atoms with van der Waals surface area (Å²) in [5.41, 5.74) is 6.93. The number of nitriles is 1. The minimum absolute atomic E-state index is 0.371. The third-order valence-electron chi connectivity index (χ3n) is 2.25. The SMILES string of the molecule is N#Cc1ccc(Oc2ccc(CN)cc2)cn1. The van der Waals surface area contributed by atoms with Crippen LogP contribution in [0.3, 0.4) is 0 Å². The van der Waals surface area contributed by atoms with Gasteiger partial charge in [-0.2, -0.15) is 5.26 Å². The first kappa shape index (κ1) is 11.1. The summed E-state index contributed by atoms with van der Waals surface area (Å²) in [5.74, 6) is 1.32. The molecule has 0 bridgehead atoms. The first-order valence-corrected chi connectivity index (χ1v) is 5.15. The van der Waals surface area contributed by atoms with Gasteiger partial charge in [0.05, 0.1) is 6.20 Å². The monoisotopic (exact) mass is 225 g/mol. The number of hydrogen-bond donors (Lipinski definition) is 1. The number of nitrogens with two attached hydrogens (primary N) is 1. The molecule has 0 spiro atoms. The molecule has 0 atom stereocenters. The second-order valence-electron chi connectivity index (χ2n) is 3.44. The third-order valence-corrected chi connectivity index (χ3v) is 2.25. The number of aromatic nitrogens is 1. The molecule has 84 valence electrons. The Hall–Kier alpha value is -2.38. The molecule has 2 N–H and O–H groups in total. The summed E-state index contributed by atoms with van der Waals surface area (Å²) in [6, 6.07) is 12.8. The Bertz CT molecular complexity index is 526. The Labute approximate surface area is 99.3 Å². The van der Waals surface area contributed by atoms with E-state index in [9.17, 15) is 0 Å². The summed E-state index contributed by atoms with van der Waals surface area (Å²) in [4.78, 5) is 3.92. The van der Waals surface area contributed by atoms with Crippen LogP contribution in [-0.4, -0.2) is 4.98 Å². The molecule has 0 aliphatic rings. The zero-order valence-electron chi connectivity index (χ0n) is 9.13. The van der Waals surface area contributed by atoms with Crippen molar-refractivity contribution in [3.63, 3.8) is 0 Å². The van der Waals surface area contributed by atoms with Crippen LogP contribution in [0.1, 0.15) is 11.3 Å². The Balaban J connectivity index is 2.11. The van der Waals surface area contributed by atoms with E-state index in [-0.39, 0.29) is 0 Å². The molecule has 0 radical (unpaired) electrons. The number of pyridine rings is 1. The molecule has 0 aliphatic carbocycles. The first-order valence-electron chi connectivity index (χ1n) is 5.15. The van der Waals surface area contributed by atoms with Gasteiger partial charge in [-0.25, -0.2) is 4.98 Å². The number of ether oxygens (including phenoxy) is 1. The van der Waals surface area contributed by atoms with Crippen LogP contribution in [0.2, 0.25) is 0 Å². The highest BCUT2D eigenvalue weighted by atomic mass is 16.5. The summed E-state index contributed by atoms with van der Waals surface area (Å²) in [7, 11) is 0. The lowest BCUT2D eigenvalue weighted by Crippen LogP contribution is -1.95. The van der Waals surface area contributed by atoms with Crippen molar-refractivity contribution in [2.75, 3.05) is 0 Å². The zero-order chi connectivity index (χ0) is 12.1. The van der Waals surface area contributed by atoms with Crippen LogP contribution < -0.4 is 10.5 Å². The molecule has 0 saturated heterocycles. The van der Waals surface area contributed by atoms with Crippen LogP contribution >= 0.6 is 0 Å². The second kappa shape index (κ2) is 5.10. The number of nitrogens with zero attached hydrogens (tertiary/aromatic N) is 2. The van der Waals surface area contributed by atoms with Gasteiger partial charge >= 0.3 is 0 Å². The van der Waals surface area contributed by atoms with Gasteiger partial charge in [-0.1, -0.05) is 12.1 Å². The van der Waals surface area contributed by atoms with Crippen molar-refractivity contribution in [3.8, 4) is 17.6 Å². The predicted octanol–water partition coefficient (Wildman–Crippen LogP) is 2.20. The van der Waals surface area contributed by atoms with Crippen molar-refractivity contribution in [2.24, 2.45) is 5.73 Å². The average Bonchev–Trinajstić information content (AvgIpc) is 2.40. The van der Waals surface area contributed by atoms with Crippen LogP contribution in [0.5, 0.6) is 11.5 Å². The van der Waals surface area contributed by atoms with Gasteiger partial charge < -0.3 is 10.5 Å². The lowest BCUT2D eigenvalue weighted by Gasteiger charge is -2.05. The molecular weight excluding hydrogens is 214 g/mol. The van der Waals surface area contributed by atoms with E-state index >= 15 is 0 Å². The Morgan fingerprint density at radius 3 is 2.35 bits per heavy atom. The molecule has 0 saturated carbocycles. The smallest absolute Gasteiger partial charge is 0.145 e.